The van der Waals surface area contributed by atoms with Gasteiger partial charge in [0.2, 0.25) is 0 Å². The Balaban J connectivity index is 1.45. The Morgan fingerprint density at radius 1 is 1.23 bits per heavy atom. The summed E-state index contributed by atoms with van der Waals surface area (Å²) in [5, 5.41) is 0. The van der Waals surface area contributed by atoms with E-state index in [1.807, 2.05) is 56.6 Å². The molecule has 0 amide bonds. The molecule has 1 aliphatic heterocycles. The Labute approximate surface area is 151 Å². The number of rotatable bonds is 4. The number of pyridine rings is 1. The van der Waals surface area contributed by atoms with Gasteiger partial charge in [-0.2, -0.15) is 0 Å². The van der Waals surface area contributed by atoms with Crippen molar-refractivity contribution in [2.75, 3.05) is 20.2 Å². The molecule has 3 heterocycles. The zero-order chi connectivity index (χ0) is 18.1. The minimum atomic E-state index is -0.0618. The lowest BCUT2D eigenvalue weighted by Crippen LogP contribution is -2.39. The quantitative estimate of drug-likeness (QED) is 0.722. The zero-order valence-electron chi connectivity index (χ0n) is 14.9. The summed E-state index contributed by atoms with van der Waals surface area (Å²) in [4.78, 5) is 19.0. The van der Waals surface area contributed by atoms with Crippen LogP contribution in [0.5, 0.6) is 11.5 Å². The Hall–Kier alpha value is -2.86. The van der Waals surface area contributed by atoms with Crippen LogP contribution in [0.2, 0.25) is 0 Å². The molecule has 1 atom stereocenters. The predicted molar refractivity (Wildman–Crippen MR) is 98.9 cm³/mol. The number of para-hydroxylation sites is 2. The molecule has 0 aliphatic carbocycles. The standard InChI is InChI=1S/C20H21N3O3/c1-14-7-8-19-21-15(9-20(24)23(19)10-14)11-22(2)12-16-13-25-17-5-3-4-6-18(17)26-16/h3-10,16H,11-13H2,1-2H3/t16-/m0/s1. The van der Waals surface area contributed by atoms with E-state index in [0.29, 0.717) is 25.3 Å². The second-order valence-electron chi connectivity index (χ2n) is 6.71. The monoisotopic (exact) mass is 351 g/mol. The maximum absolute atomic E-state index is 12.3. The first kappa shape index (κ1) is 16.6. The van der Waals surface area contributed by atoms with Crippen LogP contribution in [0.3, 0.4) is 0 Å². The van der Waals surface area contributed by atoms with Gasteiger partial charge >= 0.3 is 0 Å². The molecule has 6 heteroatoms. The lowest BCUT2D eigenvalue weighted by Gasteiger charge is -2.29. The Kier molecular flexibility index (Phi) is 4.34. The van der Waals surface area contributed by atoms with Crippen molar-refractivity contribution >= 4 is 5.65 Å². The summed E-state index contributed by atoms with van der Waals surface area (Å²) in [6.45, 7) is 3.72. The highest BCUT2D eigenvalue weighted by molar-refractivity contribution is 5.41. The van der Waals surface area contributed by atoms with E-state index in [2.05, 4.69) is 9.88 Å². The number of ether oxygens (including phenoxy) is 2. The molecule has 3 aromatic rings. The first-order valence-electron chi connectivity index (χ1n) is 8.64. The topological polar surface area (TPSA) is 56.1 Å². The molecule has 1 aromatic carbocycles. The molecule has 2 aromatic heterocycles. The van der Waals surface area contributed by atoms with Crippen LogP contribution in [0.4, 0.5) is 0 Å². The Morgan fingerprint density at radius 3 is 2.88 bits per heavy atom. The summed E-state index contributed by atoms with van der Waals surface area (Å²) >= 11 is 0. The first-order valence-corrected chi connectivity index (χ1v) is 8.64. The van der Waals surface area contributed by atoms with Crippen molar-refractivity contribution in [3.05, 3.63) is 70.3 Å². The average molecular weight is 351 g/mol. The smallest absolute Gasteiger partial charge is 0.258 e. The summed E-state index contributed by atoms with van der Waals surface area (Å²) in [7, 11) is 1.99. The molecule has 0 N–H and O–H groups in total. The van der Waals surface area contributed by atoms with Crippen molar-refractivity contribution in [1.29, 1.82) is 0 Å². The van der Waals surface area contributed by atoms with Crippen molar-refractivity contribution in [2.45, 2.75) is 19.6 Å². The molecule has 0 saturated heterocycles. The molecule has 1 aliphatic rings. The van der Waals surface area contributed by atoms with Gasteiger partial charge in [-0.05, 0) is 37.7 Å². The molecule has 134 valence electrons. The van der Waals surface area contributed by atoms with Gasteiger partial charge in [-0.25, -0.2) is 4.98 Å². The number of benzene rings is 1. The van der Waals surface area contributed by atoms with Crippen molar-refractivity contribution in [3.63, 3.8) is 0 Å². The van der Waals surface area contributed by atoms with Crippen LogP contribution in [-0.4, -0.2) is 40.6 Å². The van der Waals surface area contributed by atoms with Gasteiger partial charge in [0, 0.05) is 25.4 Å². The van der Waals surface area contributed by atoms with Crippen LogP contribution in [0, 0.1) is 6.92 Å². The second kappa shape index (κ2) is 6.80. The van der Waals surface area contributed by atoms with Gasteiger partial charge in [-0.15, -0.1) is 0 Å². The zero-order valence-corrected chi connectivity index (χ0v) is 14.9. The molecule has 0 spiro atoms. The van der Waals surface area contributed by atoms with Gasteiger partial charge < -0.3 is 9.47 Å². The summed E-state index contributed by atoms with van der Waals surface area (Å²) in [5.74, 6) is 1.56. The van der Waals surface area contributed by atoms with Crippen LogP contribution in [-0.2, 0) is 6.54 Å². The van der Waals surface area contributed by atoms with E-state index in [0.717, 1.165) is 22.8 Å². The number of nitrogens with zero attached hydrogens (tertiary/aromatic N) is 3. The molecular formula is C20H21N3O3. The number of fused-ring (bicyclic) bond motifs is 2. The summed E-state index contributed by atoms with van der Waals surface area (Å²) < 4.78 is 13.3. The molecule has 0 unspecified atom stereocenters. The molecule has 0 saturated carbocycles. The fourth-order valence-electron chi connectivity index (χ4n) is 3.18. The molecular weight excluding hydrogens is 330 g/mol. The van der Waals surface area contributed by atoms with Crippen molar-refractivity contribution in [2.24, 2.45) is 0 Å². The maximum atomic E-state index is 12.3. The van der Waals surface area contributed by atoms with Crippen LogP contribution >= 0.6 is 0 Å². The van der Waals surface area contributed by atoms with E-state index in [1.54, 1.807) is 10.5 Å². The molecule has 6 nitrogen and oxygen atoms in total. The number of likely N-dealkylation sites (N-methyl/N-ethyl adjacent to an activating group) is 1. The van der Waals surface area contributed by atoms with Crippen LogP contribution in [0.25, 0.3) is 5.65 Å². The molecule has 0 radical (unpaired) electrons. The predicted octanol–water partition coefficient (Wildman–Crippen LogP) is 2.27. The van der Waals surface area contributed by atoms with E-state index in [-0.39, 0.29) is 11.7 Å². The lowest BCUT2D eigenvalue weighted by molar-refractivity contribution is 0.0635. The third-order valence-electron chi connectivity index (χ3n) is 4.38. The van der Waals surface area contributed by atoms with Gasteiger partial charge in [0.25, 0.3) is 5.56 Å². The minimum Gasteiger partial charge on any atom is -0.486 e. The van der Waals surface area contributed by atoms with Gasteiger partial charge in [0.1, 0.15) is 18.4 Å². The van der Waals surface area contributed by atoms with Gasteiger partial charge in [-0.3, -0.25) is 14.1 Å². The largest absolute Gasteiger partial charge is 0.486 e. The highest BCUT2D eigenvalue weighted by Crippen LogP contribution is 2.30. The van der Waals surface area contributed by atoms with E-state index in [1.165, 1.54) is 0 Å². The third kappa shape index (κ3) is 3.41. The van der Waals surface area contributed by atoms with E-state index < -0.39 is 0 Å². The van der Waals surface area contributed by atoms with Gasteiger partial charge in [-0.1, -0.05) is 18.2 Å². The first-order chi connectivity index (χ1) is 12.6. The minimum absolute atomic E-state index is 0.0564. The van der Waals surface area contributed by atoms with Crippen LogP contribution in [0.15, 0.2) is 53.5 Å². The van der Waals surface area contributed by atoms with Crippen molar-refractivity contribution in [1.82, 2.24) is 14.3 Å². The fourth-order valence-corrected chi connectivity index (χ4v) is 3.18. The van der Waals surface area contributed by atoms with Crippen LogP contribution in [0.1, 0.15) is 11.3 Å². The van der Waals surface area contributed by atoms with Gasteiger partial charge in [0.15, 0.2) is 11.5 Å². The third-order valence-corrected chi connectivity index (χ3v) is 4.38. The van der Waals surface area contributed by atoms with Gasteiger partial charge in [0.05, 0.1) is 5.69 Å². The van der Waals surface area contributed by atoms with Crippen LogP contribution < -0.4 is 15.0 Å². The number of aromatic nitrogens is 2. The number of aryl methyl sites for hydroxylation is 1. The summed E-state index contributed by atoms with van der Waals surface area (Å²) in [6, 6.07) is 13.1. The lowest BCUT2D eigenvalue weighted by atomic mass is 10.2. The SMILES string of the molecule is Cc1ccc2nc(CN(C)C[C@H]3COc4ccccc4O3)cc(=O)n2c1. The average Bonchev–Trinajstić information content (AvgIpc) is 2.62. The molecule has 4 rings (SSSR count). The Bertz CT molecular complexity index is 999. The Morgan fingerprint density at radius 2 is 2.04 bits per heavy atom. The van der Waals surface area contributed by atoms with E-state index in [4.69, 9.17) is 9.47 Å². The highest BCUT2D eigenvalue weighted by atomic mass is 16.6. The normalized spacial score (nSPS) is 16.2. The van der Waals surface area contributed by atoms with Crippen molar-refractivity contribution < 1.29 is 9.47 Å². The fraction of sp³-hybridized carbons (Fsp3) is 0.300. The van der Waals surface area contributed by atoms with Crippen molar-refractivity contribution in [3.8, 4) is 11.5 Å². The second-order valence-corrected chi connectivity index (χ2v) is 6.71. The maximum Gasteiger partial charge on any atom is 0.258 e. The molecule has 0 fully saturated rings. The van der Waals surface area contributed by atoms with E-state index in [9.17, 15) is 4.79 Å². The number of hydrogen-bond donors (Lipinski definition) is 0. The molecule has 26 heavy (non-hydrogen) atoms. The summed E-state index contributed by atoms with van der Waals surface area (Å²) in [6.07, 6.45) is 1.75. The van der Waals surface area contributed by atoms with E-state index >= 15 is 0 Å². The molecule has 0 bridgehead atoms. The number of hydrogen-bond acceptors (Lipinski definition) is 5. The highest BCUT2D eigenvalue weighted by Gasteiger charge is 2.22. The summed E-state index contributed by atoms with van der Waals surface area (Å²) in [5.41, 5.74) is 2.38.